The second kappa shape index (κ2) is 1.69. The zero-order valence-electron chi connectivity index (χ0n) is 5.25. The molecule has 0 aromatic carbocycles. The standard InChI is InChI=1S/C6H9F2N/c1-4-5(9)2-3-6(4,7)8/h2-3,9H2,1H3. The number of hydrogen-bond donors (Lipinski definition) is 1. The average molecular weight is 133 g/mol. The summed E-state index contributed by atoms with van der Waals surface area (Å²) in [5, 5.41) is 0. The van der Waals surface area contributed by atoms with E-state index in [0.717, 1.165) is 0 Å². The highest BCUT2D eigenvalue weighted by atomic mass is 19.3. The molecule has 1 nitrogen and oxygen atoms in total. The fraction of sp³-hybridized carbons (Fsp3) is 0.667. The number of hydrogen-bond acceptors (Lipinski definition) is 1. The Morgan fingerprint density at radius 1 is 1.56 bits per heavy atom. The molecule has 3 heteroatoms. The quantitative estimate of drug-likeness (QED) is 0.534. The van der Waals surface area contributed by atoms with Crippen LogP contribution in [0, 0.1) is 0 Å². The summed E-state index contributed by atoms with van der Waals surface area (Å²) in [5.74, 6) is -2.62. The van der Waals surface area contributed by atoms with Gasteiger partial charge in [-0.3, -0.25) is 0 Å². The van der Waals surface area contributed by atoms with Gasteiger partial charge in [0.1, 0.15) is 0 Å². The summed E-state index contributed by atoms with van der Waals surface area (Å²) in [6, 6.07) is 0. The van der Waals surface area contributed by atoms with Crippen molar-refractivity contribution in [2.24, 2.45) is 5.73 Å². The van der Waals surface area contributed by atoms with E-state index in [1.165, 1.54) is 6.92 Å². The number of alkyl halides is 2. The van der Waals surface area contributed by atoms with Crippen molar-refractivity contribution in [2.45, 2.75) is 25.7 Å². The van der Waals surface area contributed by atoms with Crippen molar-refractivity contribution < 1.29 is 8.78 Å². The maximum atomic E-state index is 12.5. The minimum absolute atomic E-state index is 0.0579. The third-order valence-electron chi connectivity index (χ3n) is 1.74. The van der Waals surface area contributed by atoms with Crippen LogP contribution in [0.15, 0.2) is 11.3 Å². The lowest BCUT2D eigenvalue weighted by Crippen LogP contribution is -2.12. The minimum Gasteiger partial charge on any atom is -0.402 e. The summed E-state index contributed by atoms with van der Waals surface area (Å²) in [6.07, 6.45) is 0.240. The van der Waals surface area contributed by atoms with E-state index in [4.69, 9.17) is 5.73 Å². The Labute approximate surface area is 52.5 Å². The molecule has 0 heterocycles. The average Bonchev–Trinajstić information content (AvgIpc) is 1.97. The molecule has 0 spiro atoms. The molecule has 52 valence electrons. The molecule has 0 fully saturated rings. The van der Waals surface area contributed by atoms with Crippen molar-refractivity contribution in [1.82, 2.24) is 0 Å². The smallest absolute Gasteiger partial charge is 0.271 e. The number of halogens is 2. The predicted molar refractivity (Wildman–Crippen MR) is 31.1 cm³/mol. The topological polar surface area (TPSA) is 26.0 Å². The maximum absolute atomic E-state index is 12.5. The normalized spacial score (nSPS) is 25.2. The van der Waals surface area contributed by atoms with Crippen LogP contribution < -0.4 is 5.73 Å². The molecule has 0 bridgehead atoms. The first-order valence-corrected chi connectivity index (χ1v) is 2.87. The van der Waals surface area contributed by atoms with Crippen LogP contribution in [0.1, 0.15) is 19.8 Å². The van der Waals surface area contributed by atoms with Gasteiger partial charge in [-0.05, 0) is 13.3 Å². The Kier molecular flexibility index (Phi) is 1.22. The molecule has 1 rings (SSSR count). The largest absolute Gasteiger partial charge is 0.402 e. The van der Waals surface area contributed by atoms with Gasteiger partial charge in [-0.25, -0.2) is 8.78 Å². The SMILES string of the molecule is CC1=C(N)CCC1(F)F. The van der Waals surface area contributed by atoms with Gasteiger partial charge < -0.3 is 5.73 Å². The number of rotatable bonds is 0. The lowest BCUT2D eigenvalue weighted by atomic mass is 10.2. The molecule has 0 aromatic rings. The molecule has 1 aliphatic carbocycles. The third kappa shape index (κ3) is 0.910. The van der Waals surface area contributed by atoms with E-state index in [1.807, 2.05) is 0 Å². The summed E-state index contributed by atoms with van der Waals surface area (Å²) in [5.41, 5.74) is 5.67. The minimum atomic E-state index is -2.62. The fourth-order valence-electron chi connectivity index (χ4n) is 0.902. The van der Waals surface area contributed by atoms with E-state index >= 15 is 0 Å². The van der Waals surface area contributed by atoms with Crippen molar-refractivity contribution in [2.75, 3.05) is 0 Å². The molecule has 2 N–H and O–H groups in total. The molecule has 0 saturated heterocycles. The van der Waals surface area contributed by atoms with Crippen LogP contribution in [0.4, 0.5) is 8.78 Å². The summed E-state index contributed by atoms with van der Waals surface area (Å²) in [6.45, 7) is 1.39. The van der Waals surface area contributed by atoms with Crippen LogP contribution in [0.2, 0.25) is 0 Å². The second-order valence-corrected chi connectivity index (χ2v) is 2.35. The summed E-state index contributed by atoms with van der Waals surface area (Å²) in [7, 11) is 0. The van der Waals surface area contributed by atoms with Crippen LogP contribution in [0.5, 0.6) is 0 Å². The predicted octanol–water partition coefficient (Wildman–Crippen LogP) is 1.65. The van der Waals surface area contributed by atoms with Crippen molar-refractivity contribution >= 4 is 0 Å². The van der Waals surface area contributed by atoms with Crippen molar-refractivity contribution in [3.8, 4) is 0 Å². The summed E-state index contributed by atoms with van der Waals surface area (Å²) < 4.78 is 24.9. The van der Waals surface area contributed by atoms with Crippen molar-refractivity contribution in [3.63, 3.8) is 0 Å². The first-order valence-electron chi connectivity index (χ1n) is 2.87. The van der Waals surface area contributed by atoms with E-state index in [2.05, 4.69) is 0 Å². The summed E-state index contributed by atoms with van der Waals surface area (Å²) in [4.78, 5) is 0. The Bertz CT molecular complexity index is 160. The van der Waals surface area contributed by atoms with Crippen LogP contribution >= 0.6 is 0 Å². The van der Waals surface area contributed by atoms with E-state index < -0.39 is 5.92 Å². The van der Waals surface area contributed by atoms with Gasteiger partial charge in [0.05, 0.1) is 0 Å². The molecule has 9 heavy (non-hydrogen) atoms. The van der Waals surface area contributed by atoms with Crippen molar-refractivity contribution in [1.29, 1.82) is 0 Å². The van der Waals surface area contributed by atoms with Gasteiger partial charge >= 0.3 is 0 Å². The van der Waals surface area contributed by atoms with Crippen LogP contribution in [-0.2, 0) is 0 Å². The third-order valence-corrected chi connectivity index (χ3v) is 1.74. The molecule has 0 radical (unpaired) electrons. The molecule has 0 aromatic heterocycles. The monoisotopic (exact) mass is 133 g/mol. The molecule has 0 atom stereocenters. The number of allylic oxidation sites excluding steroid dienone is 2. The fourth-order valence-corrected chi connectivity index (χ4v) is 0.902. The molecular formula is C6H9F2N. The van der Waals surface area contributed by atoms with Gasteiger partial charge in [-0.15, -0.1) is 0 Å². The van der Waals surface area contributed by atoms with Gasteiger partial charge in [0, 0.05) is 17.7 Å². The van der Waals surface area contributed by atoms with Gasteiger partial charge in [-0.1, -0.05) is 0 Å². The van der Waals surface area contributed by atoms with E-state index in [-0.39, 0.29) is 12.0 Å². The summed E-state index contributed by atoms with van der Waals surface area (Å²) >= 11 is 0. The highest BCUT2D eigenvalue weighted by Gasteiger charge is 2.37. The Balaban J connectivity index is 2.88. The van der Waals surface area contributed by atoms with Gasteiger partial charge in [0.2, 0.25) is 0 Å². The first-order chi connectivity index (χ1) is 4.04. The number of nitrogens with two attached hydrogens (primary N) is 1. The van der Waals surface area contributed by atoms with Gasteiger partial charge in [-0.2, -0.15) is 0 Å². The zero-order valence-corrected chi connectivity index (χ0v) is 5.25. The lowest BCUT2D eigenvalue weighted by Gasteiger charge is -2.08. The lowest BCUT2D eigenvalue weighted by molar-refractivity contribution is 0.0432. The first kappa shape index (κ1) is 6.52. The zero-order chi connectivity index (χ0) is 7.07. The van der Waals surface area contributed by atoms with E-state index in [1.54, 1.807) is 0 Å². The molecular weight excluding hydrogens is 124 g/mol. The maximum Gasteiger partial charge on any atom is 0.271 e. The second-order valence-electron chi connectivity index (χ2n) is 2.35. The highest BCUT2D eigenvalue weighted by Crippen LogP contribution is 2.37. The van der Waals surface area contributed by atoms with Crippen molar-refractivity contribution in [3.05, 3.63) is 11.3 Å². The van der Waals surface area contributed by atoms with E-state index in [9.17, 15) is 8.78 Å². The highest BCUT2D eigenvalue weighted by molar-refractivity contribution is 5.22. The van der Waals surface area contributed by atoms with E-state index in [0.29, 0.717) is 12.1 Å². The molecule has 1 aliphatic rings. The molecule has 0 amide bonds. The van der Waals surface area contributed by atoms with Crippen LogP contribution in [0.25, 0.3) is 0 Å². The van der Waals surface area contributed by atoms with Crippen LogP contribution in [-0.4, -0.2) is 5.92 Å². The van der Waals surface area contributed by atoms with Crippen LogP contribution in [0.3, 0.4) is 0 Å². The van der Waals surface area contributed by atoms with Gasteiger partial charge in [0.25, 0.3) is 5.92 Å². The Morgan fingerprint density at radius 3 is 2.22 bits per heavy atom. The molecule has 0 saturated carbocycles. The molecule has 0 aliphatic heterocycles. The Morgan fingerprint density at radius 2 is 2.11 bits per heavy atom. The van der Waals surface area contributed by atoms with Gasteiger partial charge in [0.15, 0.2) is 0 Å². The molecule has 0 unspecified atom stereocenters. The Hall–Kier alpha value is -0.600.